The number of halogens is 3. The Balaban J connectivity index is 2.44. The third-order valence-corrected chi connectivity index (χ3v) is 9.06. The minimum atomic E-state index is -4.42. The maximum atomic E-state index is 13.1. The topological polar surface area (TPSA) is 43.4 Å². The van der Waals surface area contributed by atoms with Crippen molar-refractivity contribution in [2.45, 2.75) is 33.9 Å². The number of alkyl halides is 3. The van der Waals surface area contributed by atoms with Gasteiger partial charge in [0.1, 0.15) is 0 Å². The number of ether oxygens (including phenoxy) is 1. The van der Waals surface area contributed by atoms with E-state index in [0.717, 1.165) is 5.56 Å². The van der Waals surface area contributed by atoms with Gasteiger partial charge < -0.3 is 0 Å². The second kappa shape index (κ2) is 8.03. The van der Waals surface area contributed by atoms with Crippen LogP contribution in [0.2, 0.25) is 0 Å². The van der Waals surface area contributed by atoms with E-state index in [0.29, 0.717) is 11.3 Å². The summed E-state index contributed by atoms with van der Waals surface area (Å²) < 4.78 is 70.2. The Bertz CT molecular complexity index is 831. The van der Waals surface area contributed by atoms with Gasteiger partial charge in [0.25, 0.3) is 0 Å². The monoisotopic (exact) mass is 452 g/mol. The van der Waals surface area contributed by atoms with Crippen molar-refractivity contribution in [2.75, 3.05) is 7.11 Å². The first-order chi connectivity index (χ1) is 12.0. The molecule has 3 nitrogen and oxygen atoms in total. The fraction of sp³-hybridized carbons (Fsp3) is 0.333. The summed E-state index contributed by atoms with van der Waals surface area (Å²) in [6.45, 7) is 3.16. The van der Waals surface area contributed by atoms with Gasteiger partial charge in [0.15, 0.2) is 0 Å². The summed E-state index contributed by atoms with van der Waals surface area (Å²) in [5, 5.41) is -5.63. The van der Waals surface area contributed by atoms with Gasteiger partial charge in [0.2, 0.25) is 0 Å². The molecular weight excluding hydrogens is 432 g/mol. The predicted octanol–water partition coefficient (Wildman–Crippen LogP) is 4.13. The van der Waals surface area contributed by atoms with E-state index in [1.807, 2.05) is 6.92 Å². The van der Waals surface area contributed by atoms with Gasteiger partial charge in [0, 0.05) is 0 Å². The SMILES string of the molecule is COc1ccc([C@@H]([Se]C(F)(F)F)[C@H](C)S(=O)(=O)c2ccc(C)cc2)cc1. The molecule has 0 aromatic heterocycles. The van der Waals surface area contributed by atoms with Crippen LogP contribution in [0.1, 0.15) is 22.9 Å². The zero-order chi connectivity index (χ0) is 19.5. The second-order valence-corrected chi connectivity index (χ2v) is 10.7. The molecule has 26 heavy (non-hydrogen) atoms. The maximum absolute atomic E-state index is 13.1. The van der Waals surface area contributed by atoms with Crippen molar-refractivity contribution < 1.29 is 26.3 Å². The molecule has 0 aliphatic rings. The normalized spacial score (nSPS) is 14.7. The van der Waals surface area contributed by atoms with Crippen LogP contribution in [0.5, 0.6) is 5.75 Å². The van der Waals surface area contributed by atoms with Crippen LogP contribution in [-0.4, -0.2) is 40.8 Å². The van der Waals surface area contributed by atoms with Crippen LogP contribution in [-0.2, 0) is 9.84 Å². The van der Waals surface area contributed by atoms with Crippen molar-refractivity contribution in [3.8, 4) is 5.75 Å². The summed E-state index contributed by atoms with van der Waals surface area (Å²) in [5.41, 5.74) is 1.22. The van der Waals surface area contributed by atoms with Gasteiger partial charge in [0.05, 0.1) is 0 Å². The number of hydrogen-bond donors (Lipinski definition) is 0. The Hall–Kier alpha value is -1.50. The van der Waals surface area contributed by atoms with E-state index in [-0.39, 0.29) is 4.90 Å². The van der Waals surface area contributed by atoms with Crippen LogP contribution in [0.25, 0.3) is 0 Å². The van der Waals surface area contributed by atoms with Gasteiger partial charge in [-0.1, -0.05) is 0 Å². The zero-order valence-corrected chi connectivity index (χ0v) is 17.0. The molecule has 2 atom stereocenters. The van der Waals surface area contributed by atoms with Crippen molar-refractivity contribution in [3.63, 3.8) is 0 Å². The summed E-state index contributed by atoms with van der Waals surface area (Å²) in [7, 11) is -2.45. The molecule has 0 saturated carbocycles. The molecule has 8 heteroatoms. The van der Waals surface area contributed by atoms with Gasteiger partial charge >= 0.3 is 158 Å². The third kappa shape index (κ3) is 5.02. The van der Waals surface area contributed by atoms with E-state index in [1.165, 1.54) is 38.3 Å². The first-order valence-corrected chi connectivity index (χ1v) is 11.1. The fourth-order valence-electron chi connectivity index (χ4n) is 2.48. The van der Waals surface area contributed by atoms with Gasteiger partial charge in [-0.3, -0.25) is 0 Å². The molecule has 2 aromatic carbocycles. The van der Waals surface area contributed by atoms with Crippen LogP contribution in [0.4, 0.5) is 13.2 Å². The molecule has 0 unspecified atom stereocenters. The Kier molecular flexibility index (Phi) is 6.42. The molecule has 0 spiro atoms. The Labute approximate surface area is 157 Å². The molecular formula is C18H19F3O3SSe. The summed E-state index contributed by atoms with van der Waals surface area (Å²) in [6.07, 6.45) is 0. The zero-order valence-electron chi connectivity index (χ0n) is 14.4. The number of methoxy groups -OCH3 is 1. The summed E-state index contributed by atoms with van der Waals surface area (Å²) >= 11 is -1.89. The molecule has 2 aromatic rings. The molecule has 0 saturated heterocycles. The van der Waals surface area contributed by atoms with Gasteiger partial charge in [-0.25, -0.2) is 0 Å². The van der Waals surface area contributed by atoms with E-state index in [2.05, 4.69) is 0 Å². The number of benzene rings is 2. The first kappa shape index (κ1) is 20.8. The van der Waals surface area contributed by atoms with Gasteiger partial charge in [-0.15, -0.1) is 0 Å². The van der Waals surface area contributed by atoms with Crippen LogP contribution in [0.3, 0.4) is 0 Å². The predicted molar refractivity (Wildman–Crippen MR) is 95.4 cm³/mol. The van der Waals surface area contributed by atoms with E-state index in [4.69, 9.17) is 4.74 Å². The van der Waals surface area contributed by atoms with Crippen LogP contribution in [0.15, 0.2) is 53.4 Å². The van der Waals surface area contributed by atoms with E-state index >= 15 is 0 Å². The molecule has 0 radical (unpaired) electrons. The number of aryl methyl sites for hydroxylation is 1. The summed E-state index contributed by atoms with van der Waals surface area (Å²) in [6, 6.07) is 12.2. The summed E-state index contributed by atoms with van der Waals surface area (Å²) in [4.78, 5) is -1.12. The second-order valence-electron chi connectivity index (χ2n) is 5.82. The number of hydrogen-bond acceptors (Lipinski definition) is 3. The van der Waals surface area contributed by atoms with E-state index in [1.54, 1.807) is 24.3 Å². The Morgan fingerprint density at radius 3 is 2.00 bits per heavy atom. The van der Waals surface area contributed by atoms with Crippen LogP contribution in [0, 0.1) is 6.92 Å². The molecule has 0 aliphatic heterocycles. The molecule has 142 valence electrons. The van der Waals surface area contributed by atoms with Crippen molar-refractivity contribution in [2.24, 2.45) is 0 Å². The quantitative estimate of drug-likeness (QED) is 0.621. The van der Waals surface area contributed by atoms with Crippen LogP contribution < -0.4 is 4.74 Å². The van der Waals surface area contributed by atoms with Gasteiger partial charge in [-0.05, 0) is 0 Å². The van der Waals surface area contributed by atoms with Crippen molar-refractivity contribution in [1.82, 2.24) is 0 Å². The molecule has 0 amide bonds. The van der Waals surface area contributed by atoms with E-state index < -0.39 is 39.9 Å². The van der Waals surface area contributed by atoms with Crippen molar-refractivity contribution in [3.05, 3.63) is 59.7 Å². The minimum absolute atomic E-state index is 0.0343. The standard InChI is InChI=1S/C18H19F3O3SSe/c1-12-4-10-16(11-5-12)25(22,23)13(2)17(26-18(19,20)21)14-6-8-15(24-3)9-7-14/h4-11,13,17H,1-3H3/t13-,17-/m0/s1. The Morgan fingerprint density at radius 1 is 1.00 bits per heavy atom. The third-order valence-electron chi connectivity index (χ3n) is 3.97. The van der Waals surface area contributed by atoms with Crippen molar-refractivity contribution in [1.29, 1.82) is 0 Å². The average molecular weight is 451 g/mol. The number of sulfone groups is 1. The number of rotatable bonds is 6. The average Bonchev–Trinajstić information content (AvgIpc) is 2.59. The molecule has 0 bridgehead atoms. The molecule has 0 heterocycles. The summed E-state index contributed by atoms with van der Waals surface area (Å²) in [5.74, 6) is 0.501. The van der Waals surface area contributed by atoms with Crippen molar-refractivity contribution >= 4 is 24.8 Å². The molecule has 2 rings (SSSR count). The van der Waals surface area contributed by atoms with Gasteiger partial charge in [-0.2, -0.15) is 0 Å². The first-order valence-electron chi connectivity index (χ1n) is 7.73. The van der Waals surface area contributed by atoms with E-state index in [9.17, 15) is 21.6 Å². The molecule has 0 N–H and O–H groups in total. The molecule has 0 aliphatic carbocycles. The van der Waals surface area contributed by atoms with Crippen LogP contribution >= 0.6 is 0 Å². The fourth-order valence-corrected chi connectivity index (χ4v) is 6.74. The molecule has 0 fully saturated rings. The Morgan fingerprint density at radius 2 is 1.54 bits per heavy atom.